The number of aromatic nitrogens is 2. The molecule has 1 N–H and O–H groups in total. The first-order valence-electron chi connectivity index (χ1n) is 7.30. The molecule has 1 saturated carbocycles. The molecule has 0 aliphatic heterocycles. The van der Waals surface area contributed by atoms with Gasteiger partial charge < -0.3 is 9.84 Å². The molecule has 18 heavy (non-hydrogen) atoms. The van der Waals surface area contributed by atoms with Gasteiger partial charge in [0.1, 0.15) is 0 Å². The van der Waals surface area contributed by atoms with E-state index >= 15 is 0 Å². The zero-order chi connectivity index (χ0) is 13.0. The molecule has 2 rings (SSSR count). The molecule has 0 saturated heterocycles. The third kappa shape index (κ3) is 3.55. The summed E-state index contributed by atoms with van der Waals surface area (Å²) in [4.78, 5) is 4.55. The highest BCUT2D eigenvalue weighted by Gasteiger charge is 2.26. The van der Waals surface area contributed by atoms with Gasteiger partial charge in [0.15, 0.2) is 5.82 Å². The molecule has 1 aliphatic rings. The molecule has 2 atom stereocenters. The van der Waals surface area contributed by atoms with Crippen molar-refractivity contribution in [3.8, 4) is 0 Å². The monoisotopic (exact) mass is 251 g/mol. The van der Waals surface area contributed by atoms with E-state index in [1.54, 1.807) is 0 Å². The van der Waals surface area contributed by atoms with Crippen molar-refractivity contribution in [1.82, 2.24) is 15.5 Å². The van der Waals surface area contributed by atoms with E-state index in [9.17, 15) is 0 Å². The Morgan fingerprint density at radius 2 is 2.17 bits per heavy atom. The van der Waals surface area contributed by atoms with Crippen LogP contribution in [0.5, 0.6) is 0 Å². The SMILES string of the molecule is CCCNC(CC)C(C)c1nc(CC2CC2)no1. The van der Waals surface area contributed by atoms with Crippen molar-refractivity contribution in [2.75, 3.05) is 6.54 Å². The molecule has 0 amide bonds. The number of nitrogens with zero attached hydrogens (tertiary/aromatic N) is 2. The largest absolute Gasteiger partial charge is 0.339 e. The Labute approximate surface area is 110 Å². The summed E-state index contributed by atoms with van der Waals surface area (Å²) in [6.45, 7) is 7.60. The third-order valence-corrected chi connectivity index (χ3v) is 3.74. The van der Waals surface area contributed by atoms with Gasteiger partial charge in [-0.1, -0.05) is 25.9 Å². The van der Waals surface area contributed by atoms with E-state index in [4.69, 9.17) is 4.52 Å². The van der Waals surface area contributed by atoms with Crippen LogP contribution < -0.4 is 5.32 Å². The average Bonchev–Trinajstić information content (AvgIpc) is 3.06. The first-order valence-corrected chi connectivity index (χ1v) is 7.30. The fraction of sp³-hybridized carbons (Fsp3) is 0.857. The van der Waals surface area contributed by atoms with Crippen LogP contribution >= 0.6 is 0 Å². The van der Waals surface area contributed by atoms with Crippen molar-refractivity contribution in [3.05, 3.63) is 11.7 Å². The van der Waals surface area contributed by atoms with E-state index in [-0.39, 0.29) is 0 Å². The molecule has 1 aromatic rings. The third-order valence-electron chi connectivity index (χ3n) is 3.74. The first kappa shape index (κ1) is 13.5. The smallest absolute Gasteiger partial charge is 0.231 e. The van der Waals surface area contributed by atoms with Crippen LogP contribution in [0.15, 0.2) is 4.52 Å². The molecule has 4 heteroatoms. The summed E-state index contributed by atoms with van der Waals surface area (Å²) in [5.74, 6) is 2.79. The molecule has 102 valence electrons. The standard InChI is InChI=1S/C14H25N3O/c1-4-8-15-12(5-2)10(3)14-16-13(17-18-14)9-11-6-7-11/h10-12,15H,4-9H2,1-3H3. The van der Waals surface area contributed by atoms with Gasteiger partial charge in [0.25, 0.3) is 0 Å². The van der Waals surface area contributed by atoms with Gasteiger partial charge in [0, 0.05) is 12.5 Å². The van der Waals surface area contributed by atoms with Gasteiger partial charge >= 0.3 is 0 Å². The molecule has 0 radical (unpaired) electrons. The zero-order valence-corrected chi connectivity index (χ0v) is 11.8. The summed E-state index contributed by atoms with van der Waals surface area (Å²) < 4.78 is 5.42. The van der Waals surface area contributed by atoms with Crippen molar-refractivity contribution < 1.29 is 4.52 Å². The molecule has 0 spiro atoms. The van der Waals surface area contributed by atoms with E-state index in [0.29, 0.717) is 12.0 Å². The molecular weight excluding hydrogens is 226 g/mol. The van der Waals surface area contributed by atoms with E-state index in [1.807, 2.05) is 0 Å². The minimum atomic E-state index is 0.294. The summed E-state index contributed by atoms with van der Waals surface area (Å²) >= 11 is 0. The highest BCUT2D eigenvalue weighted by molar-refractivity contribution is 4.99. The molecule has 1 fully saturated rings. The summed E-state index contributed by atoms with van der Waals surface area (Å²) in [6.07, 6.45) is 5.89. The fourth-order valence-corrected chi connectivity index (χ4v) is 2.29. The number of rotatable bonds is 8. The Bertz CT molecular complexity index is 360. The van der Waals surface area contributed by atoms with Gasteiger partial charge in [-0.15, -0.1) is 0 Å². The van der Waals surface area contributed by atoms with Crippen LogP contribution in [0.1, 0.15) is 64.1 Å². The van der Waals surface area contributed by atoms with Crippen LogP contribution in [0.4, 0.5) is 0 Å². The molecule has 1 aromatic heterocycles. The Balaban J connectivity index is 1.92. The lowest BCUT2D eigenvalue weighted by atomic mass is 9.99. The van der Waals surface area contributed by atoms with Gasteiger partial charge in [-0.3, -0.25) is 0 Å². The maximum atomic E-state index is 5.42. The normalized spacial score (nSPS) is 18.8. The van der Waals surface area contributed by atoms with Crippen LogP contribution in [0.2, 0.25) is 0 Å². The highest BCUT2D eigenvalue weighted by Crippen LogP contribution is 2.32. The minimum absolute atomic E-state index is 0.294. The Morgan fingerprint density at radius 3 is 2.78 bits per heavy atom. The molecule has 1 aliphatic carbocycles. The zero-order valence-electron chi connectivity index (χ0n) is 11.8. The summed E-state index contributed by atoms with van der Waals surface area (Å²) in [7, 11) is 0. The summed E-state index contributed by atoms with van der Waals surface area (Å²) in [5, 5.41) is 7.65. The maximum Gasteiger partial charge on any atom is 0.231 e. The molecule has 0 bridgehead atoms. The molecule has 0 aromatic carbocycles. The van der Waals surface area contributed by atoms with Gasteiger partial charge in [-0.05, 0) is 38.1 Å². The van der Waals surface area contributed by atoms with Crippen LogP contribution in [0.3, 0.4) is 0 Å². The minimum Gasteiger partial charge on any atom is -0.339 e. The Hall–Kier alpha value is -0.900. The van der Waals surface area contributed by atoms with Crippen LogP contribution in [0, 0.1) is 5.92 Å². The van der Waals surface area contributed by atoms with Gasteiger partial charge in [-0.25, -0.2) is 0 Å². The molecule has 1 heterocycles. The lowest BCUT2D eigenvalue weighted by molar-refractivity contribution is 0.317. The Morgan fingerprint density at radius 1 is 1.39 bits per heavy atom. The van der Waals surface area contributed by atoms with E-state index in [2.05, 4.69) is 36.2 Å². The van der Waals surface area contributed by atoms with Crippen molar-refractivity contribution in [2.24, 2.45) is 5.92 Å². The van der Waals surface area contributed by atoms with Gasteiger partial charge in [0.05, 0.1) is 5.92 Å². The second kappa shape index (κ2) is 6.32. The van der Waals surface area contributed by atoms with Crippen molar-refractivity contribution in [2.45, 2.75) is 64.8 Å². The maximum absolute atomic E-state index is 5.42. The number of hydrogen-bond acceptors (Lipinski definition) is 4. The highest BCUT2D eigenvalue weighted by atomic mass is 16.5. The molecular formula is C14H25N3O. The van der Waals surface area contributed by atoms with Crippen LogP contribution in [0.25, 0.3) is 0 Å². The molecule has 4 nitrogen and oxygen atoms in total. The van der Waals surface area contributed by atoms with Crippen molar-refractivity contribution in [3.63, 3.8) is 0 Å². The van der Waals surface area contributed by atoms with Crippen LogP contribution in [-0.2, 0) is 6.42 Å². The average molecular weight is 251 g/mol. The van der Waals surface area contributed by atoms with E-state index in [0.717, 1.165) is 43.4 Å². The quantitative estimate of drug-likeness (QED) is 0.772. The van der Waals surface area contributed by atoms with E-state index < -0.39 is 0 Å². The summed E-state index contributed by atoms with van der Waals surface area (Å²) in [5.41, 5.74) is 0. The molecule has 2 unspecified atom stereocenters. The predicted molar refractivity (Wildman–Crippen MR) is 71.5 cm³/mol. The fourth-order valence-electron chi connectivity index (χ4n) is 2.29. The summed E-state index contributed by atoms with van der Waals surface area (Å²) in [6, 6.07) is 0.430. The van der Waals surface area contributed by atoms with Crippen LogP contribution in [-0.4, -0.2) is 22.7 Å². The van der Waals surface area contributed by atoms with Crippen molar-refractivity contribution >= 4 is 0 Å². The number of nitrogens with one attached hydrogen (secondary N) is 1. The topological polar surface area (TPSA) is 51.0 Å². The lowest BCUT2D eigenvalue weighted by Gasteiger charge is -2.20. The first-order chi connectivity index (χ1) is 8.74. The number of hydrogen-bond donors (Lipinski definition) is 1. The van der Waals surface area contributed by atoms with Gasteiger partial charge in [-0.2, -0.15) is 4.98 Å². The predicted octanol–water partition coefficient (Wildman–Crippen LogP) is 2.90. The van der Waals surface area contributed by atoms with E-state index in [1.165, 1.54) is 12.8 Å². The Kier molecular flexibility index (Phi) is 4.75. The second-order valence-corrected chi connectivity index (χ2v) is 5.45. The second-order valence-electron chi connectivity index (χ2n) is 5.45. The van der Waals surface area contributed by atoms with Crippen molar-refractivity contribution in [1.29, 1.82) is 0 Å². The van der Waals surface area contributed by atoms with Gasteiger partial charge in [0.2, 0.25) is 5.89 Å². The lowest BCUT2D eigenvalue weighted by Crippen LogP contribution is -2.33.